The fraction of sp³-hybridized carbons (Fsp3) is 0.367. The Kier molecular flexibility index (Phi) is 7.64. The topological polar surface area (TPSA) is 144 Å². The second-order valence-corrected chi connectivity index (χ2v) is 9.93. The number of aliphatic hydroxyl groups excluding tert-OH is 2. The number of fused-ring (bicyclic) bond motifs is 2. The van der Waals surface area contributed by atoms with E-state index >= 15 is 0 Å². The monoisotopic (exact) mass is 552 g/mol. The van der Waals surface area contributed by atoms with Crippen LogP contribution < -0.4 is 18.9 Å². The van der Waals surface area contributed by atoms with Crippen molar-refractivity contribution in [1.29, 1.82) is 0 Å². The summed E-state index contributed by atoms with van der Waals surface area (Å²) in [6.07, 6.45) is -1.81. The lowest BCUT2D eigenvalue weighted by atomic mass is 9.67. The van der Waals surface area contributed by atoms with E-state index in [-0.39, 0.29) is 47.6 Å². The van der Waals surface area contributed by atoms with Crippen LogP contribution in [0.5, 0.6) is 34.5 Å². The number of hydrogen-bond donors (Lipinski definition) is 4. The van der Waals surface area contributed by atoms with Crippen LogP contribution in [0, 0.1) is 11.8 Å². The quantitative estimate of drug-likeness (QED) is 0.292. The van der Waals surface area contributed by atoms with Crippen LogP contribution in [0.4, 0.5) is 0 Å². The van der Waals surface area contributed by atoms with Crippen molar-refractivity contribution in [2.45, 2.75) is 24.5 Å². The first-order valence-electron chi connectivity index (χ1n) is 12.9. The van der Waals surface area contributed by atoms with E-state index in [9.17, 15) is 25.2 Å². The third-order valence-electron chi connectivity index (χ3n) is 7.78. The van der Waals surface area contributed by atoms with Crippen LogP contribution in [-0.2, 0) is 16.0 Å². The van der Waals surface area contributed by atoms with Gasteiger partial charge in [0, 0.05) is 11.8 Å². The lowest BCUT2D eigenvalue weighted by Gasteiger charge is -2.34. The van der Waals surface area contributed by atoms with Crippen molar-refractivity contribution in [2.24, 2.45) is 11.8 Å². The number of carbonyl (C=O) groups excluding carboxylic acids is 1. The summed E-state index contributed by atoms with van der Waals surface area (Å²) >= 11 is 0. The highest BCUT2D eigenvalue weighted by Crippen LogP contribution is 2.50. The molecule has 0 radical (unpaired) electrons. The number of hydrogen-bond acceptors (Lipinski definition) is 10. The molecule has 1 aliphatic carbocycles. The van der Waals surface area contributed by atoms with E-state index < -0.39 is 18.8 Å². The molecule has 5 unspecified atom stereocenters. The minimum Gasteiger partial charge on any atom is -0.504 e. The molecule has 1 fully saturated rings. The molecule has 2 aliphatic rings. The summed E-state index contributed by atoms with van der Waals surface area (Å²) in [7, 11) is 4.36. The predicted molar refractivity (Wildman–Crippen MR) is 142 cm³/mol. The number of esters is 1. The van der Waals surface area contributed by atoms with Gasteiger partial charge < -0.3 is 44.1 Å². The molecule has 3 aromatic carbocycles. The molecule has 212 valence electrons. The summed E-state index contributed by atoms with van der Waals surface area (Å²) in [6.45, 7) is -0.245. The van der Waals surface area contributed by atoms with Crippen LogP contribution in [0.2, 0.25) is 0 Å². The molecule has 1 heterocycles. The molecule has 1 saturated heterocycles. The number of aliphatic hydroxyl groups is 2. The zero-order chi connectivity index (χ0) is 28.6. The molecule has 0 aromatic heterocycles. The standard InChI is InChI=1S/C30H32O10/c1-36-24-10-16(4-6-21(24)32)29(34)27(13-31)40-23-7-5-15(9-26(23)38-3)28-18-12-22(33)25(37-2)11-17(18)8-19-20(28)14-39-30(19)35/h4-7,9-12,19-20,27-29,31-34H,8,13-14H2,1-3H3. The molecule has 4 N–H and O–H groups in total. The van der Waals surface area contributed by atoms with Crippen molar-refractivity contribution in [3.8, 4) is 34.5 Å². The maximum Gasteiger partial charge on any atom is 0.309 e. The van der Waals surface area contributed by atoms with Crippen molar-refractivity contribution in [1.82, 2.24) is 0 Å². The van der Waals surface area contributed by atoms with E-state index in [0.717, 1.165) is 16.7 Å². The number of cyclic esters (lactones) is 1. The number of ether oxygens (including phenoxy) is 5. The maximum atomic E-state index is 12.6. The van der Waals surface area contributed by atoms with E-state index in [1.807, 2.05) is 6.07 Å². The van der Waals surface area contributed by atoms with Gasteiger partial charge in [-0.25, -0.2) is 0 Å². The molecule has 5 atom stereocenters. The number of phenolic OH excluding ortho intramolecular Hbond substituents is 2. The number of carbonyl (C=O) groups is 1. The van der Waals surface area contributed by atoms with Gasteiger partial charge in [0.2, 0.25) is 0 Å². The first kappa shape index (κ1) is 27.4. The van der Waals surface area contributed by atoms with Gasteiger partial charge in [-0.1, -0.05) is 12.1 Å². The summed E-state index contributed by atoms with van der Waals surface area (Å²) in [5, 5.41) is 41.4. The van der Waals surface area contributed by atoms with Crippen LogP contribution in [0.15, 0.2) is 48.5 Å². The van der Waals surface area contributed by atoms with Gasteiger partial charge in [-0.15, -0.1) is 0 Å². The molecular weight excluding hydrogens is 520 g/mol. The summed E-state index contributed by atoms with van der Waals surface area (Å²) in [5.74, 6) is 0.108. The van der Waals surface area contributed by atoms with Crippen LogP contribution in [-0.4, -0.2) is 67.0 Å². The molecule has 3 aromatic rings. The van der Waals surface area contributed by atoms with E-state index in [4.69, 9.17) is 23.7 Å². The highest BCUT2D eigenvalue weighted by atomic mass is 16.5. The van der Waals surface area contributed by atoms with Gasteiger partial charge in [-0.2, -0.15) is 0 Å². The Labute approximate surface area is 231 Å². The Balaban J connectivity index is 1.48. The van der Waals surface area contributed by atoms with Gasteiger partial charge in [0.1, 0.15) is 6.10 Å². The average Bonchev–Trinajstić information content (AvgIpc) is 3.34. The summed E-state index contributed by atoms with van der Waals surface area (Å²) in [4.78, 5) is 12.6. The molecule has 1 aliphatic heterocycles. The Hall–Kier alpha value is -4.15. The SMILES string of the molecule is COc1cc(C(O)C(CO)Oc2ccc(C3c4cc(O)c(OC)cc4CC4C(=O)OCC43)cc2OC)ccc1O. The van der Waals surface area contributed by atoms with Crippen LogP contribution in [0.1, 0.15) is 34.3 Å². The van der Waals surface area contributed by atoms with E-state index in [1.54, 1.807) is 24.3 Å². The third kappa shape index (κ3) is 4.84. The predicted octanol–water partition coefficient (Wildman–Crippen LogP) is 3.07. The van der Waals surface area contributed by atoms with Crippen molar-refractivity contribution < 1.29 is 48.9 Å². The summed E-state index contributed by atoms with van der Waals surface area (Å²) < 4.78 is 27.5. The van der Waals surface area contributed by atoms with E-state index in [2.05, 4.69) is 0 Å². The Morgan fingerprint density at radius 3 is 2.33 bits per heavy atom. The Bertz CT molecular complexity index is 1400. The van der Waals surface area contributed by atoms with Crippen LogP contribution in [0.3, 0.4) is 0 Å². The molecule has 0 bridgehead atoms. The van der Waals surface area contributed by atoms with Gasteiger partial charge in [0.25, 0.3) is 0 Å². The first-order valence-corrected chi connectivity index (χ1v) is 12.9. The van der Waals surface area contributed by atoms with Crippen LogP contribution >= 0.6 is 0 Å². The zero-order valence-electron chi connectivity index (χ0n) is 22.4. The van der Waals surface area contributed by atoms with Crippen molar-refractivity contribution in [3.63, 3.8) is 0 Å². The fourth-order valence-electron chi connectivity index (χ4n) is 5.72. The number of aromatic hydroxyl groups is 2. The number of rotatable bonds is 9. The summed E-state index contributed by atoms with van der Waals surface area (Å²) in [5.41, 5.74) is 2.98. The fourth-order valence-corrected chi connectivity index (χ4v) is 5.72. The third-order valence-corrected chi connectivity index (χ3v) is 7.78. The minimum absolute atomic E-state index is 0.00694. The van der Waals surface area contributed by atoms with Gasteiger partial charge >= 0.3 is 5.97 Å². The van der Waals surface area contributed by atoms with Crippen molar-refractivity contribution in [2.75, 3.05) is 34.5 Å². The van der Waals surface area contributed by atoms with Gasteiger partial charge in [0.05, 0.1) is 40.5 Å². The molecule has 0 amide bonds. The van der Waals surface area contributed by atoms with Gasteiger partial charge in [0.15, 0.2) is 40.6 Å². The molecule has 5 rings (SSSR count). The highest BCUT2D eigenvalue weighted by Gasteiger charge is 2.47. The molecule has 0 saturated carbocycles. The normalized spacial score (nSPS) is 21.0. The molecule has 10 heteroatoms. The largest absolute Gasteiger partial charge is 0.504 e. The smallest absolute Gasteiger partial charge is 0.309 e. The number of methoxy groups -OCH3 is 3. The van der Waals surface area contributed by atoms with Gasteiger partial charge in [-0.3, -0.25) is 4.79 Å². The van der Waals surface area contributed by atoms with Crippen LogP contribution in [0.25, 0.3) is 0 Å². The average molecular weight is 553 g/mol. The molecule has 10 nitrogen and oxygen atoms in total. The second kappa shape index (κ2) is 11.1. The lowest BCUT2D eigenvalue weighted by Crippen LogP contribution is -2.31. The number of phenols is 2. The Morgan fingerprint density at radius 2 is 1.62 bits per heavy atom. The first-order chi connectivity index (χ1) is 19.3. The second-order valence-electron chi connectivity index (χ2n) is 9.93. The molecule has 40 heavy (non-hydrogen) atoms. The zero-order valence-corrected chi connectivity index (χ0v) is 22.4. The van der Waals surface area contributed by atoms with E-state index in [1.165, 1.54) is 39.5 Å². The van der Waals surface area contributed by atoms with Crippen molar-refractivity contribution in [3.05, 3.63) is 70.8 Å². The summed E-state index contributed by atoms with van der Waals surface area (Å²) in [6, 6.07) is 13.1. The highest BCUT2D eigenvalue weighted by molar-refractivity contribution is 5.77. The maximum absolute atomic E-state index is 12.6. The van der Waals surface area contributed by atoms with Crippen molar-refractivity contribution >= 4 is 5.97 Å². The Morgan fingerprint density at radius 1 is 0.900 bits per heavy atom. The lowest BCUT2D eigenvalue weighted by molar-refractivity contribution is -0.141. The molecular formula is C30H32O10. The minimum atomic E-state index is -1.24. The van der Waals surface area contributed by atoms with E-state index in [0.29, 0.717) is 29.2 Å². The van der Waals surface area contributed by atoms with Gasteiger partial charge in [-0.05, 0) is 65.1 Å². The molecule has 0 spiro atoms. The number of benzene rings is 3.